The molecule has 8 heteroatoms. The first-order valence-corrected chi connectivity index (χ1v) is 8.70. The Morgan fingerprint density at radius 2 is 1.90 bits per heavy atom. The quantitative estimate of drug-likeness (QED) is 0.618. The van der Waals surface area contributed by atoms with E-state index in [4.69, 9.17) is 0 Å². The largest absolute Gasteiger partial charge is 0.316 e. The first-order valence-electron chi connectivity index (χ1n) is 7.21. The SMILES string of the molecule is CNCc1cn[nH]c1S(=O)(=O)NCCN(C(C)C)C(C)C. The summed E-state index contributed by atoms with van der Waals surface area (Å²) in [5, 5.41) is 9.44. The molecule has 0 bridgehead atoms. The Kier molecular flexibility index (Phi) is 6.79. The molecule has 0 saturated carbocycles. The zero-order valence-corrected chi connectivity index (χ0v) is 14.3. The molecule has 0 atom stereocenters. The topological polar surface area (TPSA) is 90.1 Å². The van der Waals surface area contributed by atoms with E-state index in [-0.39, 0.29) is 5.03 Å². The predicted octanol–water partition coefficient (Wildman–Crippen LogP) is 0.526. The van der Waals surface area contributed by atoms with E-state index in [0.29, 0.717) is 37.3 Å². The molecule has 0 unspecified atom stereocenters. The van der Waals surface area contributed by atoms with Crippen molar-refractivity contribution in [3.05, 3.63) is 11.8 Å². The fourth-order valence-corrected chi connectivity index (χ4v) is 3.49. The maximum Gasteiger partial charge on any atom is 0.257 e. The lowest BCUT2D eigenvalue weighted by Crippen LogP contribution is -2.42. The molecule has 122 valence electrons. The van der Waals surface area contributed by atoms with Gasteiger partial charge in [-0.2, -0.15) is 5.10 Å². The monoisotopic (exact) mass is 317 g/mol. The third kappa shape index (κ3) is 5.06. The van der Waals surface area contributed by atoms with Gasteiger partial charge in [-0.25, -0.2) is 13.1 Å². The van der Waals surface area contributed by atoms with Gasteiger partial charge in [-0.1, -0.05) is 0 Å². The van der Waals surface area contributed by atoms with Gasteiger partial charge in [-0.3, -0.25) is 10.00 Å². The van der Waals surface area contributed by atoms with Crippen molar-refractivity contribution in [1.29, 1.82) is 0 Å². The molecule has 1 aromatic heterocycles. The molecule has 1 aromatic rings. The Morgan fingerprint density at radius 3 is 2.43 bits per heavy atom. The van der Waals surface area contributed by atoms with Gasteiger partial charge in [-0.05, 0) is 34.7 Å². The zero-order chi connectivity index (χ0) is 16.0. The van der Waals surface area contributed by atoms with Crippen LogP contribution in [0.1, 0.15) is 33.3 Å². The van der Waals surface area contributed by atoms with E-state index >= 15 is 0 Å². The van der Waals surface area contributed by atoms with Crippen LogP contribution in [0, 0.1) is 0 Å². The lowest BCUT2D eigenvalue weighted by molar-refractivity contribution is 0.179. The van der Waals surface area contributed by atoms with Crippen molar-refractivity contribution in [1.82, 2.24) is 25.1 Å². The van der Waals surface area contributed by atoms with E-state index in [9.17, 15) is 8.42 Å². The van der Waals surface area contributed by atoms with Crippen molar-refractivity contribution in [3.8, 4) is 0 Å². The summed E-state index contributed by atoms with van der Waals surface area (Å²) in [6, 6.07) is 0.753. The van der Waals surface area contributed by atoms with Crippen molar-refractivity contribution in [2.24, 2.45) is 0 Å². The minimum absolute atomic E-state index is 0.137. The van der Waals surface area contributed by atoms with Crippen LogP contribution in [0.4, 0.5) is 0 Å². The summed E-state index contributed by atoms with van der Waals surface area (Å²) in [7, 11) is -1.79. The van der Waals surface area contributed by atoms with Crippen molar-refractivity contribution in [2.45, 2.75) is 51.3 Å². The third-order valence-electron chi connectivity index (χ3n) is 3.30. The Balaban J connectivity index is 2.67. The second-order valence-electron chi connectivity index (χ2n) is 5.58. The number of nitrogens with one attached hydrogen (secondary N) is 3. The number of H-pyrrole nitrogens is 1. The molecule has 0 aliphatic heterocycles. The molecule has 1 rings (SSSR count). The highest BCUT2D eigenvalue weighted by Gasteiger charge is 2.21. The van der Waals surface area contributed by atoms with Gasteiger partial charge >= 0.3 is 0 Å². The van der Waals surface area contributed by atoms with Gasteiger partial charge in [0.1, 0.15) is 0 Å². The van der Waals surface area contributed by atoms with Crippen molar-refractivity contribution in [2.75, 3.05) is 20.1 Å². The summed E-state index contributed by atoms with van der Waals surface area (Å²) in [6.45, 7) is 9.92. The van der Waals surface area contributed by atoms with Gasteiger partial charge in [0.15, 0.2) is 5.03 Å². The van der Waals surface area contributed by atoms with Crippen LogP contribution in [-0.2, 0) is 16.6 Å². The van der Waals surface area contributed by atoms with Crippen molar-refractivity contribution < 1.29 is 8.42 Å². The van der Waals surface area contributed by atoms with E-state index in [1.807, 2.05) is 0 Å². The minimum atomic E-state index is -3.55. The number of nitrogens with zero attached hydrogens (tertiary/aromatic N) is 2. The van der Waals surface area contributed by atoms with Crippen LogP contribution < -0.4 is 10.0 Å². The van der Waals surface area contributed by atoms with Crippen LogP contribution in [0.2, 0.25) is 0 Å². The van der Waals surface area contributed by atoms with Crippen LogP contribution in [0.5, 0.6) is 0 Å². The first kappa shape index (κ1) is 18.1. The van der Waals surface area contributed by atoms with Crippen LogP contribution in [0.25, 0.3) is 0 Å². The summed E-state index contributed by atoms with van der Waals surface area (Å²) < 4.78 is 27.2. The van der Waals surface area contributed by atoms with E-state index < -0.39 is 10.0 Å². The first-order chi connectivity index (χ1) is 9.79. The number of hydrogen-bond donors (Lipinski definition) is 3. The van der Waals surface area contributed by atoms with Crippen LogP contribution in [0.3, 0.4) is 0 Å². The van der Waals surface area contributed by atoms with Gasteiger partial charge in [0.25, 0.3) is 10.0 Å². The van der Waals surface area contributed by atoms with Crippen molar-refractivity contribution >= 4 is 10.0 Å². The minimum Gasteiger partial charge on any atom is -0.316 e. The van der Waals surface area contributed by atoms with Gasteiger partial charge in [0.05, 0.1) is 6.20 Å². The predicted molar refractivity (Wildman–Crippen MR) is 83.5 cm³/mol. The molecular formula is C13H27N5O2S. The molecule has 1 heterocycles. The van der Waals surface area contributed by atoms with Crippen LogP contribution in [-0.4, -0.2) is 55.7 Å². The molecular weight excluding hydrogens is 290 g/mol. The highest BCUT2D eigenvalue weighted by molar-refractivity contribution is 7.89. The fraction of sp³-hybridized carbons (Fsp3) is 0.769. The zero-order valence-electron chi connectivity index (χ0n) is 13.5. The Hall–Kier alpha value is -0.960. The number of rotatable bonds is 9. The molecule has 3 N–H and O–H groups in total. The number of hydrogen-bond acceptors (Lipinski definition) is 5. The molecule has 0 spiro atoms. The molecule has 21 heavy (non-hydrogen) atoms. The summed E-state index contributed by atoms with van der Waals surface area (Å²) in [4.78, 5) is 2.24. The highest BCUT2D eigenvalue weighted by atomic mass is 32.2. The summed E-state index contributed by atoms with van der Waals surface area (Å²) in [5.74, 6) is 0. The maximum atomic E-state index is 12.3. The Morgan fingerprint density at radius 1 is 1.29 bits per heavy atom. The highest BCUT2D eigenvalue weighted by Crippen LogP contribution is 2.11. The van der Waals surface area contributed by atoms with Gasteiger partial charge in [0, 0.05) is 37.3 Å². The molecule has 7 nitrogen and oxygen atoms in total. The number of sulfonamides is 1. The maximum absolute atomic E-state index is 12.3. The molecule has 0 aliphatic rings. The van der Waals surface area contributed by atoms with Gasteiger partial charge in [-0.15, -0.1) is 0 Å². The lowest BCUT2D eigenvalue weighted by atomic mass is 10.2. The number of aromatic nitrogens is 2. The molecule has 0 amide bonds. The Bertz CT molecular complexity index is 516. The molecule has 0 fully saturated rings. The van der Waals surface area contributed by atoms with E-state index in [1.165, 1.54) is 6.20 Å². The van der Waals surface area contributed by atoms with E-state index in [0.717, 1.165) is 0 Å². The van der Waals surface area contributed by atoms with E-state index in [2.05, 4.69) is 52.8 Å². The smallest absolute Gasteiger partial charge is 0.257 e. The normalized spacial score (nSPS) is 12.8. The standard InChI is InChI=1S/C13H27N5O2S/c1-10(2)18(11(3)4)7-6-16-21(19,20)13-12(8-14-5)9-15-17-13/h9-11,14,16H,6-8H2,1-5H3,(H,15,17). The summed E-state index contributed by atoms with van der Waals surface area (Å²) in [5.41, 5.74) is 0.634. The summed E-state index contributed by atoms with van der Waals surface area (Å²) in [6.07, 6.45) is 1.53. The lowest BCUT2D eigenvalue weighted by Gasteiger charge is -2.30. The fourth-order valence-electron chi connectivity index (χ4n) is 2.34. The molecule has 0 saturated heterocycles. The average Bonchev–Trinajstić information content (AvgIpc) is 2.83. The molecule has 0 aromatic carbocycles. The van der Waals surface area contributed by atoms with Gasteiger partial charge in [0.2, 0.25) is 0 Å². The average molecular weight is 317 g/mol. The number of aromatic amines is 1. The Labute approximate surface area is 127 Å². The molecule has 0 aliphatic carbocycles. The second kappa shape index (κ2) is 7.88. The van der Waals surface area contributed by atoms with Crippen LogP contribution in [0.15, 0.2) is 11.2 Å². The third-order valence-corrected chi connectivity index (χ3v) is 4.78. The van der Waals surface area contributed by atoms with E-state index in [1.54, 1.807) is 7.05 Å². The second-order valence-corrected chi connectivity index (χ2v) is 7.28. The molecule has 0 radical (unpaired) electrons. The summed E-state index contributed by atoms with van der Waals surface area (Å²) >= 11 is 0. The van der Waals surface area contributed by atoms with Crippen LogP contribution >= 0.6 is 0 Å². The van der Waals surface area contributed by atoms with Crippen molar-refractivity contribution in [3.63, 3.8) is 0 Å². The van der Waals surface area contributed by atoms with Gasteiger partial charge < -0.3 is 5.32 Å².